The van der Waals surface area contributed by atoms with E-state index in [2.05, 4.69) is 0 Å². The molecule has 13 heavy (non-hydrogen) atoms. The molecule has 0 aliphatic rings. The normalized spacial score (nSPS) is 18.2. The van der Waals surface area contributed by atoms with Crippen molar-refractivity contribution in [2.75, 3.05) is 12.3 Å². The first kappa shape index (κ1) is 12.8. The van der Waals surface area contributed by atoms with Crippen LogP contribution in [0.2, 0.25) is 0 Å². The van der Waals surface area contributed by atoms with E-state index < -0.39 is 37.3 Å². The molecular weight excluding hydrogens is 222 g/mol. The van der Waals surface area contributed by atoms with Crippen molar-refractivity contribution in [1.82, 2.24) is 0 Å². The predicted molar refractivity (Wildman–Crippen MR) is 45.4 cm³/mol. The Morgan fingerprint density at radius 2 is 1.62 bits per heavy atom. The largest absolute Gasteiger partial charge is 0.329 e. The zero-order valence-corrected chi connectivity index (χ0v) is 8.47. The first-order chi connectivity index (χ1) is 5.52. The van der Waals surface area contributed by atoms with Gasteiger partial charge in [-0.25, -0.2) is 0 Å². The highest BCUT2D eigenvalue weighted by molar-refractivity contribution is 7.90. The third-order valence-electron chi connectivity index (χ3n) is 1.54. The summed E-state index contributed by atoms with van der Waals surface area (Å²) < 4.78 is 57.0. The zero-order valence-electron chi connectivity index (χ0n) is 6.84. The Bertz CT molecular complexity index is 369. The second-order valence-electron chi connectivity index (χ2n) is 2.86. The summed E-state index contributed by atoms with van der Waals surface area (Å²) in [6, 6.07) is 0. The molecule has 0 aliphatic heterocycles. The summed E-state index contributed by atoms with van der Waals surface area (Å²) in [5.74, 6) is -1.13. The van der Waals surface area contributed by atoms with Crippen LogP contribution in [-0.2, 0) is 20.2 Å². The summed E-state index contributed by atoms with van der Waals surface area (Å²) in [4.78, 5) is 0. The van der Waals surface area contributed by atoms with Crippen molar-refractivity contribution in [3.05, 3.63) is 0 Å². The van der Waals surface area contributed by atoms with E-state index in [9.17, 15) is 16.8 Å². The minimum Gasteiger partial charge on any atom is -0.329 e. The van der Waals surface area contributed by atoms with Gasteiger partial charge in [0.2, 0.25) is 0 Å². The third kappa shape index (κ3) is 3.56. The molecule has 1 atom stereocenters. The Labute approximate surface area is 76.4 Å². The van der Waals surface area contributed by atoms with Crippen molar-refractivity contribution in [3.63, 3.8) is 0 Å². The van der Waals surface area contributed by atoms with Gasteiger partial charge in [0, 0.05) is 6.54 Å². The molecule has 0 saturated heterocycles. The standard InChI is InChI=1S/C4H11NO6S2/c1-4(2-5,13(9,10)11)3-12(6,7)8/h2-3,5H2,1H3,(H,6,7,8)(H,9,10,11). The van der Waals surface area contributed by atoms with Gasteiger partial charge in [0.1, 0.15) is 4.75 Å². The topological polar surface area (TPSA) is 135 Å². The lowest BCUT2D eigenvalue weighted by Crippen LogP contribution is -2.48. The maximum atomic E-state index is 10.7. The molecule has 7 nitrogen and oxygen atoms in total. The zero-order chi connectivity index (χ0) is 10.9. The molecule has 0 bridgehead atoms. The SMILES string of the molecule is CC(CN)(CS(=O)(=O)O)S(=O)(=O)O. The van der Waals surface area contributed by atoms with Crippen LogP contribution in [0.4, 0.5) is 0 Å². The van der Waals surface area contributed by atoms with Crippen molar-refractivity contribution in [1.29, 1.82) is 0 Å². The second kappa shape index (κ2) is 3.50. The van der Waals surface area contributed by atoms with E-state index in [1.54, 1.807) is 0 Å². The number of hydrogen-bond acceptors (Lipinski definition) is 5. The molecule has 1 unspecified atom stereocenters. The van der Waals surface area contributed by atoms with Gasteiger partial charge in [-0.2, -0.15) is 16.8 Å². The fraction of sp³-hybridized carbons (Fsp3) is 1.00. The fourth-order valence-corrected chi connectivity index (χ4v) is 2.77. The summed E-state index contributed by atoms with van der Waals surface area (Å²) in [7, 11) is -9.11. The van der Waals surface area contributed by atoms with E-state index in [4.69, 9.17) is 14.8 Å². The number of nitrogens with two attached hydrogens (primary N) is 1. The Kier molecular flexibility index (Phi) is 3.44. The molecule has 0 aliphatic carbocycles. The molecule has 0 rings (SSSR count). The first-order valence-electron chi connectivity index (χ1n) is 3.14. The van der Waals surface area contributed by atoms with Crippen molar-refractivity contribution in [2.24, 2.45) is 5.73 Å². The fourth-order valence-electron chi connectivity index (χ4n) is 0.625. The Morgan fingerprint density at radius 1 is 1.23 bits per heavy atom. The molecule has 4 N–H and O–H groups in total. The molecule has 0 aromatic rings. The third-order valence-corrected chi connectivity index (χ3v) is 4.28. The Morgan fingerprint density at radius 3 is 1.69 bits per heavy atom. The van der Waals surface area contributed by atoms with Gasteiger partial charge in [-0.1, -0.05) is 0 Å². The average Bonchev–Trinajstić information content (AvgIpc) is 1.81. The molecule has 0 saturated carbocycles. The van der Waals surface area contributed by atoms with Gasteiger partial charge < -0.3 is 5.73 Å². The molecule has 0 fully saturated rings. The van der Waals surface area contributed by atoms with Gasteiger partial charge >= 0.3 is 0 Å². The highest BCUT2D eigenvalue weighted by atomic mass is 32.2. The highest BCUT2D eigenvalue weighted by Gasteiger charge is 2.40. The lowest BCUT2D eigenvalue weighted by Gasteiger charge is -2.21. The number of rotatable bonds is 4. The summed E-state index contributed by atoms with van der Waals surface area (Å²) in [6.45, 7) is 0.321. The van der Waals surface area contributed by atoms with Crippen molar-refractivity contribution in [2.45, 2.75) is 11.7 Å². The summed E-state index contributed by atoms with van der Waals surface area (Å²) in [6.07, 6.45) is 0. The van der Waals surface area contributed by atoms with E-state index in [0.29, 0.717) is 0 Å². The molecule has 0 spiro atoms. The van der Waals surface area contributed by atoms with Gasteiger partial charge in [-0.3, -0.25) is 9.11 Å². The van der Waals surface area contributed by atoms with Crippen molar-refractivity contribution < 1.29 is 25.9 Å². The summed E-state index contributed by atoms with van der Waals surface area (Å²) in [5, 5.41) is 0. The van der Waals surface area contributed by atoms with Crippen molar-refractivity contribution >= 4 is 20.2 Å². The van der Waals surface area contributed by atoms with E-state index in [-0.39, 0.29) is 0 Å². The summed E-state index contributed by atoms with van der Waals surface area (Å²) >= 11 is 0. The average molecular weight is 233 g/mol. The molecule has 0 amide bonds. The molecule has 9 heteroatoms. The van der Waals surface area contributed by atoms with Gasteiger partial charge in [0.25, 0.3) is 20.2 Å². The lowest BCUT2D eigenvalue weighted by atomic mass is 10.2. The van der Waals surface area contributed by atoms with Crippen LogP contribution < -0.4 is 5.73 Å². The van der Waals surface area contributed by atoms with Crippen LogP contribution in [0.25, 0.3) is 0 Å². The van der Waals surface area contributed by atoms with E-state index >= 15 is 0 Å². The molecular formula is C4H11NO6S2. The monoisotopic (exact) mass is 233 g/mol. The molecule has 0 aromatic heterocycles. The van der Waals surface area contributed by atoms with Crippen LogP contribution >= 0.6 is 0 Å². The van der Waals surface area contributed by atoms with Crippen LogP contribution in [0.15, 0.2) is 0 Å². The minimum absolute atomic E-state index is 0.606. The van der Waals surface area contributed by atoms with E-state index in [1.165, 1.54) is 0 Å². The quantitative estimate of drug-likeness (QED) is 0.502. The lowest BCUT2D eigenvalue weighted by molar-refractivity contribution is 0.430. The van der Waals surface area contributed by atoms with Gasteiger partial charge in [-0.05, 0) is 6.92 Å². The highest BCUT2D eigenvalue weighted by Crippen LogP contribution is 2.16. The molecule has 0 radical (unpaired) electrons. The summed E-state index contributed by atoms with van der Waals surface area (Å²) in [5.41, 5.74) is 4.99. The maximum absolute atomic E-state index is 10.7. The van der Waals surface area contributed by atoms with Gasteiger partial charge in [-0.15, -0.1) is 0 Å². The van der Waals surface area contributed by atoms with E-state index in [1.807, 2.05) is 0 Å². The Balaban J connectivity index is 5.12. The molecule has 0 aromatic carbocycles. The number of hydrogen-bond donors (Lipinski definition) is 3. The molecule has 80 valence electrons. The van der Waals surface area contributed by atoms with Crippen LogP contribution in [0.5, 0.6) is 0 Å². The van der Waals surface area contributed by atoms with Crippen LogP contribution in [0.1, 0.15) is 6.92 Å². The predicted octanol–water partition coefficient (Wildman–Crippen LogP) is -1.52. The minimum atomic E-state index is -4.61. The van der Waals surface area contributed by atoms with Gasteiger partial charge in [0.15, 0.2) is 0 Å². The van der Waals surface area contributed by atoms with Crippen LogP contribution in [-0.4, -0.2) is 43.0 Å². The molecule has 0 heterocycles. The smallest absolute Gasteiger partial charge is 0.272 e. The second-order valence-corrected chi connectivity index (χ2v) is 6.24. The van der Waals surface area contributed by atoms with Crippen LogP contribution in [0, 0.1) is 0 Å². The van der Waals surface area contributed by atoms with E-state index in [0.717, 1.165) is 6.92 Å². The van der Waals surface area contributed by atoms with Crippen LogP contribution in [0.3, 0.4) is 0 Å². The first-order valence-corrected chi connectivity index (χ1v) is 6.19. The van der Waals surface area contributed by atoms with Crippen molar-refractivity contribution in [3.8, 4) is 0 Å². The Hall–Kier alpha value is -0.220. The van der Waals surface area contributed by atoms with Gasteiger partial charge in [0.05, 0.1) is 5.75 Å². The maximum Gasteiger partial charge on any atom is 0.272 e.